The highest BCUT2D eigenvalue weighted by Crippen LogP contribution is 2.32. The first-order valence-corrected chi connectivity index (χ1v) is 8.93. The molecule has 2 aromatic carbocycles. The summed E-state index contributed by atoms with van der Waals surface area (Å²) in [7, 11) is 1.65. The largest absolute Gasteiger partial charge is 0.482 e. The number of carbonyl (C=O) groups is 3. The predicted molar refractivity (Wildman–Crippen MR) is 103 cm³/mol. The lowest BCUT2D eigenvalue weighted by molar-refractivity contribution is -0.121. The molecule has 6 nitrogen and oxygen atoms in total. The van der Waals surface area contributed by atoms with E-state index in [9.17, 15) is 14.4 Å². The fraction of sp³-hybridized carbons (Fsp3) is 0.286. The van der Waals surface area contributed by atoms with Gasteiger partial charge in [0.05, 0.1) is 5.69 Å². The number of Topliss-reactive ketones (excluding diaryl/α,β-unsaturated/α-hetero) is 1. The van der Waals surface area contributed by atoms with Crippen LogP contribution in [0.25, 0.3) is 0 Å². The molecule has 2 amide bonds. The molecule has 27 heavy (non-hydrogen) atoms. The molecule has 0 bridgehead atoms. The van der Waals surface area contributed by atoms with Gasteiger partial charge in [0, 0.05) is 31.1 Å². The molecule has 0 saturated carbocycles. The highest BCUT2D eigenvalue weighted by molar-refractivity contribution is 6.03. The average Bonchev–Trinajstić information content (AvgIpc) is 2.69. The minimum atomic E-state index is -0.207. The average molecular weight is 366 g/mol. The van der Waals surface area contributed by atoms with E-state index in [-0.39, 0.29) is 37.0 Å². The Kier molecular flexibility index (Phi) is 5.54. The van der Waals surface area contributed by atoms with Crippen LogP contribution >= 0.6 is 0 Å². The third-order valence-corrected chi connectivity index (χ3v) is 4.59. The number of nitrogens with one attached hydrogen (secondary N) is 1. The second-order valence-corrected chi connectivity index (χ2v) is 6.45. The van der Waals surface area contributed by atoms with Crippen molar-refractivity contribution in [2.24, 2.45) is 0 Å². The summed E-state index contributed by atoms with van der Waals surface area (Å²) in [6, 6.07) is 12.6. The molecule has 0 fully saturated rings. The maximum absolute atomic E-state index is 12.4. The molecule has 1 aliphatic heterocycles. The molecule has 6 heteroatoms. The topological polar surface area (TPSA) is 75.7 Å². The van der Waals surface area contributed by atoms with E-state index in [1.165, 1.54) is 10.5 Å². The van der Waals surface area contributed by atoms with E-state index in [0.717, 1.165) is 12.1 Å². The second kappa shape index (κ2) is 8.03. The monoisotopic (exact) mass is 366 g/mol. The van der Waals surface area contributed by atoms with Gasteiger partial charge in [-0.1, -0.05) is 19.1 Å². The van der Waals surface area contributed by atoms with Gasteiger partial charge in [0.15, 0.2) is 12.4 Å². The van der Waals surface area contributed by atoms with E-state index in [1.807, 2.05) is 24.3 Å². The first kappa shape index (κ1) is 18.6. The minimum Gasteiger partial charge on any atom is -0.482 e. The van der Waals surface area contributed by atoms with Gasteiger partial charge in [-0.05, 0) is 42.3 Å². The van der Waals surface area contributed by atoms with E-state index in [2.05, 4.69) is 12.2 Å². The fourth-order valence-electron chi connectivity index (χ4n) is 2.86. The summed E-state index contributed by atoms with van der Waals surface area (Å²) in [5, 5.41) is 2.80. The maximum atomic E-state index is 12.4. The summed E-state index contributed by atoms with van der Waals surface area (Å²) >= 11 is 0. The highest BCUT2D eigenvalue weighted by Gasteiger charge is 2.23. The highest BCUT2D eigenvalue weighted by atomic mass is 16.5. The lowest BCUT2D eigenvalue weighted by Gasteiger charge is -2.26. The molecule has 0 unspecified atom stereocenters. The molecular formula is C21H22N2O4. The zero-order valence-electron chi connectivity index (χ0n) is 15.5. The maximum Gasteiger partial charge on any atom is 0.264 e. The van der Waals surface area contributed by atoms with Crippen molar-refractivity contribution in [3.8, 4) is 5.75 Å². The van der Waals surface area contributed by atoms with E-state index < -0.39 is 0 Å². The van der Waals surface area contributed by atoms with Crippen LogP contribution in [0.2, 0.25) is 0 Å². The van der Waals surface area contributed by atoms with E-state index >= 15 is 0 Å². The molecule has 3 rings (SSSR count). The smallest absolute Gasteiger partial charge is 0.264 e. The summed E-state index contributed by atoms with van der Waals surface area (Å²) < 4.78 is 5.36. The van der Waals surface area contributed by atoms with Gasteiger partial charge in [-0.25, -0.2) is 0 Å². The van der Waals surface area contributed by atoms with Crippen LogP contribution in [0.3, 0.4) is 0 Å². The Morgan fingerprint density at radius 2 is 1.85 bits per heavy atom. The van der Waals surface area contributed by atoms with Crippen LogP contribution < -0.4 is 15.0 Å². The van der Waals surface area contributed by atoms with Crippen molar-refractivity contribution >= 4 is 29.0 Å². The molecular weight excluding hydrogens is 344 g/mol. The number of hydrogen-bond donors (Lipinski definition) is 1. The van der Waals surface area contributed by atoms with E-state index in [1.54, 1.807) is 25.2 Å². The number of rotatable bonds is 6. The van der Waals surface area contributed by atoms with Crippen molar-refractivity contribution in [3.05, 3.63) is 53.6 Å². The van der Waals surface area contributed by atoms with Crippen molar-refractivity contribution < 1.29 is 19.1 Å². The molecule has 1 N–H and O–H groups in total. The van der Waals surface area contributed by atoms with Crippen LogP contribution in [0, 0.1) is 0 Å². The molecule has 1 heterocycles. The zero-order chi connectivity index (χ0) is 19.4. The Balaban J connectivity index is 1.59. The van der Waals surface area contributed by atoms with Crippen LogP contribution in [0.15, 0.2) is 42.5 Å². The van der Waals surface area contributed by atoms with Crippen LogP contribution in [0.1, 0.15) is 35.7 Å². The van der Waals surface area contributed by atoms with Crippen molar-refractivity contribution in [2.45, 2.75) is 26.2 Å². The number of likely N-dealkylation sites (N-methyl/N-ethyl adjacent to an activating group) is 1. The van der Waals surface area contributed by atoms with Gasteiger partial charge in [0.2, 0.25) is 5.91 Å². The van der Waals surface area contributed by atoms with Gasteiger partial charge in [-0.3, -0.25) is 14.4 Å². The second-order valence-electron chi connectivity index (χ2n) is 6.45. The zero-order valence-corrected chi connectivity index (χ0v) is 15.5. The number of ketones is 1. The quantitative estimate of drug-likeness (QED) is 0.797. The Morgan fingerprint density at radius 1 is 1.11 bits per heavy atom. The predicted octanol–water partition coefficient (Wildman–Crippen LogP) is 3.21. The van der Waals surface area contributed by atoms with Crippen molar-refractivity contribution in [2.75, 3.05) is 23.9 Å². The van der Waals surface area contributed by atoms with Crippen LogP contribution in [0.4, 0.5) is 11.4 Å². The van der Waals surface area contributed by atoms with Crippen LogP contribution in [-0.4, -0.2) is 31.3 Å². The number of benzene rings is 2. The van der Waals surface area contributed by atoms with Crippen molar-refractivity contribution in [1.29, 1.82) is 0 Å². The molecule has 0 saturated heterocycles. The first-order valence-electron chi connectivity index (χ1n) is 8.93. The Morgan fingerprint density at radius 3 is 2.56 bits per heavy atom. The summed E-state index contributed by atoms with van der Waals surface area (Å²) in [6.07, 6.45) is 1.13. The van der Waals surface area contributed by atoms with Gasteiger partial charge in [0.1, 0.15) is 5.75 Å². The molecule has 2 aromatic rings. The SMILES string of the molecule is CCc1ccc(NC(=O)CCC(=O)c2ccc3c(c2)N(C)C(=O)CO3)cc1. The molecule has 0 radical (unpaired) electrons. The first-order chi connectivity index (χ1) is 13.0. The number of anilines is 2. The molecule has 0 aromatic heterocycles. The van der Waals surface area contributed by atoms with Gasteiger partial charge in [-0.2, -0.15) is 0 Å². The standard InChI is InChI=1S/C21H22N2O4/c1-3-14-4-7-16(8-5-14)22-20(25)11-9-18(24)15-6-10-19-17(12-15)23(2)21(26)13-27-19/h4-8,10,12H,3,9,11,13H2,1-2H3,(H,22,25). The number of fused-ring (bicyclic) bond motifs is 1. The number of carbonyl (C=O) groups excluding carboxylic acids is 3. The van der Waals surface area contributed by atoms with Gasteiger partial charge in [0.25, 0.3) is 5.91 Å². The lowest BCUT2D eigenvalue weighted by Crippen LogP contribution is -2.35. The minimum absolute atomic E-state index is 0.00377. The van der Waals surface area contributed by atoms with Crippen LogP contribution in [0.5, 0.6) is 5.75 Å². The number of aryl methyl sites for hydroxylation is 1. The van der Waals surface area contributed by atoms with Gasteiger partial charge >= 0.3 is 0 Å². The Hall–Kier alpha value is -3.15. The molecule has 0 atom stereocenters. The molecule has 0 aliphatic carbocycles. The number of nitrogens with zero attached hydrogens (tertiary/aromatic N) is 1. The Labute approximate surface area is 158 Å². The van der Waals surface area contributed by atoms with Crippen molar-refractivity contribution in [3.63, 3.8) is 0 Å². The van der Waals surface area contributed by atoms with Crippen molar-refractivity contribution in [1.82, 2.24) is 0 Å². The van der Waals surface area contributed by atoms with Crippen LogP contribution in [-0.2, 0) is 16.0 Å². The van der Waals surface area contributed by atoms with E-state index in [0.29, 0.717) is 17.0 Å². The number of amides is 2. The summed E-state index contributed by atoms with van der Waals surface area (Å²) in [6.45, 7) is 2.07. The number of ether oxygens (including phenoxy) is 1. The third-order valence-electron chi connectivity index (χ3n) is 4.59. The van der Waals surface area contributed by atoms with Gasteiger partial charge < -0.3 is 15.0 Å². The molecule has 1 aliphatic rings. The lowest BCUT2D eigenvalue weighted by atomic mass is 10.0. The normalized spacial score (nSPS) is 13.0. The fourth-order valence-corrected chi connectivity index (χ4v) is 2.86. The molecule has 0 spiro atoms. The third kappa shape index (κ3) is 4.34. The summed E-state index contributed by atoms with van der Waals surface area (Å²) in [4.78, 5) is 37.7. The van der Waals surface area contributed by atoms with E-state index in [4.69, 9.17) is 4.74 Å². The Bertz CT molecular complexity index is 874. The summed E-state index contributed by atoms with van der Waals surface area (Å²) in [5.41, 5.74) is 2.94. The summed E-state index contributed by atoms with van der Waals surface area (Å²) in [5.74, 6) is 0.0457. The number of hydrogen-bond acceptors (Lipinski definition) is 4. The molecule has 140 valence electrons. The van der Waals surface area contributed by atoms with Gasteiger partial charge in [-0.15, -0.1) is 0 Å².